The van der Waals surface area contributed by atoms with Crippen molar-refractivity contribution in [1.29, 1.82) is 0 Å². The zero-order valence-corrected chi connectivity index (χ0v) is 13.7. The summed E-state index contributed by atoms with van der Waals surface area (Å²) in [6.07, 6.45) is 1.13. The molecule has 0 radical (unpaired) electrons. The molecule has 22 heavy (non-hydrogen) atoms. The Balaban J connectivity index is 2.06. The van der Waals surface area contributed by atoms with E-state index in [2.05, 4.69) is 15.4 Å². The molecule has 0 saturated carbocycles. The number of amides is 2. The van der Waals surface area contributed by atoms with E-state index >= 15 is 0 Å². The van der Waals surface area contributed by atoms with Gasteiger partial charge >= 0.3 is 6.09 Å². The van der Waals surface area contributed by atoms with Gasteiger partial charge in [-0.2, -0.15) is 0 Å². The fourth-order valence-electron chi connectivity index (χ4n) is 2.64. The molecule has 2 atom stereocenters. The van der Waals surface area contributed by atoms with Gasteiger partial charge in [0, 0.05) is 25.2 Å². The van der Waals surface area contributed by atoms with Crippen molar-refractivity contribution in [2.45, 2.75) is 52.3 Å². The van der Waals surface area contributed by atoms with E-state index in [9.17, 15) is 9.59 Å². The highest BCUT2D eigenvalue weighted by atomic mass is 16.6. The summed E-state index contributed by atoms with van der Waals surface area (Å²) in [5.41, 5.74) is -0.249. The van der Waals surface area contributed by atoms with Crippen LogP contribution < -0.4 is 0 Å². The molecule has 0 aromatic carbocycles. The van der Waals surface area contributed by atoms with Crippen molar-refractivity contribution >= 4 is 12.0 Å². The first kappa shape index (κ1) is 16.3. The molecule has 1 aromatic heterocycles. The number of hydrogen-bond acceptors (Lipinski definition) is 5. The van der Waals surface area contributed by atoms with Crippen LogP contribution >= 0.6 is 0 Å². The highest BCUT2D eigenvalue weighted by molar-refractivity contribution is 5.92. The standard InChI is InChI=1S/C14H23N5O3/c1-9-7-18(13(21)22-14(3,4)5)8-10(2)19(9)12(20)11-6-15-17-16-11/h6,9-10H,7-8H2,1-5H3,(H,15,16,17). The van der Waals surface area contributed by atoms with Crippen molar-refractivity contribution in [3.8, 4) is 0 Å². The predicted octanol–water partition coefficient (Wildman–Crippen LogP) is 1.27. The van der Waals surface area contributed by atoms with E-state index in [-0.39, 0.29) is 29.8 Å². The lowest BCUT2D eigenvalue weighted by Gasteiger charge is -2.44. The van der Waals surface area contributed by atoms with Crippen molar-refractivity contribution in [2.75, 3.05) is 13.1 Å². The van der Waals surface area contributed by atoms with E-state index in [1.165, 1.54) is 6.20 Å². The molecule has 2 unspecified atom stereocenters. The highest BCUT2D eigenvalue weighted by Gasteiger charge is 2.37. The smallest absolute Gasteiger partial charge is 0.410 e. The van der Waals surface area contributed by atoms with Gasteiger partial charge in [-0.25, -0.2) is 4.79 Å². The lowest BCUT2D eigenvalue weighted by atomic mass is 10.1. The third kappa shape index (κ3) is 3.55. The van der Waals surface area contributed by atoms with E-state index in [1.54, 1.807) is 9.80 Å². The quantitative estimate of drug-likeness (QED) is 0.843. The first-order valence-electron chi connectivity index (χ1n) is 7.36. The van der Waals surface area contributed by atoms with Gasteiger partial charge in [-0.05, 0) is 34.6 Å². The Bertz CT molecular complexity index is 525. The van der Waals surface area contributed by atoms with Gasteiger partial charge in [-0.1, -0.05) is 5.21 Å². The number of rotatable bonds is 1. The first-order valence-corrected chi connectivity index (χ1v) is 7.36. The Hall–Kier alpha value is -2.12. The number of aromatic amines is 1. The van der Waals surface area contributed by atoms with Gasteiger partial charge in [0.2, 0.25) is 0 Å². The van der Waals surface area contributed by atoms with Crippen molar-refractivity contribution < 1.29 is 14.3 Å². The lowest BCUT2D eigenvalue weighted by Crippen LogP contribution is -2.60. The van der Waals surface area contributed by atoms with E-state index < -0.39 is 5.60 Å². The van der Waals surface area contributed by atoms with Gasteiger partial charge in [0.15, 0.2) is 5.69 Å². The van der Waals surface area contributed by atoms with Gasteiger partial charge in [-0.15, -0.1) is 5.10 Å². The second-order valence-corrected chi connectivity index (χ2v) is 6.65. The topological polar surface area (TPSA) is 91.4 Å². The Morgan fingerprint density at radius 1 is 1.27 bits per heavy atom. The summed E-state index contributed by atoms with van der Waals surface area (Å²) in [6, 6.07) is -0.249. The summed E-state index contributed by atoms with van der Waals surface area (Å²) < 4.78 is 5.40. The van der Waals surface area contributed by atoms with Crippen LogP contribution in [0.2, 0.25) is 0 Å². The van der Waals surface area contributed by atoms with Crippen molar-refractivity contribution in [2.24, 2.45) is 0 Å². The number of H-pyrrole nitrogens is 1. The van der Waals surface area contributed by atoms with Crippen LogP contribution in [0.5, 0.6) is 0 Å². The van der Waals surface area contributed by atoms with Gasteiger partial charge < -0.3 is 14.5 Å². The summed E-state index contributed by atoms with van der Waals surface area (Å²) in [5.74, 6) is -0.183. The molecule has 2 rings (SSSR count). The molecular formula is C14H23N5O3. The zero-order chi connectivity index (χ0) is 16.5. The molecule has 2 heterocycles. The molecule has 1 aliphatic rings. The van der Waals surface area contributed by atoms with Crippen LogP contribution in [0.4, 0.5) is 4.79 Å². The molecule has 8 heteroatoms. The second kappa shape index (κ2) is 5.94. The monoisotopic (exact) mass is 309 g/mol. The number of carbonyl (C=O) groups excluding carboxylic acids is 2. The maximum atomic E-state index is 12.5. The minimum Gasteiger partial charge on any atom is -0.444 e. The first-order chi connectivity index (χ1) is 10.2. The molecule has 0 aliphatic carbocycles. The van der Waals surface area contributed by atoms with Gasteiger partial charge in [-0.3, -0.25) is 9.89 Å². The minimum atomic E-state index is -0.531. The van der Waals surface area contributed by atoms with Crippen LogP contribution in [0, 0.1) is 0 Å². The molecule has 1 saturated heterocycles. The van der Waals surface area contributed by atoms with Crippen LogP contribution in [0.15, 0.2) is 6.20 Å². The van der Waals surface area contributed by atoms with Crippen molar-refractivity contribution in [3.05, 3.63) is 11.9 Å². The number of aromatic nitrogens is 3. The van der Waals surface area contributed by atoms with E-state index in [4.69, 9.17) is 4.74 Å². The summed E-state index contributed by atoms with van der Waals surface area (Å²) >= 11 is 0. The maximum Gasteiger partial charge on any atom is 0.410 e. The molecule has 122 valence electrons. The van der Waals surface area contributed by atoms with Gasteiger partial charge in [0.05, 0.1) is 6.20 Å². The second-order valence-electron chi connectivity index (χ2n) is 6.65. The number of carbonyl (C=O) groups is 2. The van der Waals surface area contributed by atoms with Crippen molar-refractivity contribution in [3.63, 3.8) is 0 Å². The molecule has 1 N–H and O–H groups in total. The van der Waals surface area contributed by atoms with Crippen LogP contribution in [-0.4, -0.2) is 68.0 Å². The molecule has 2 amide bonds. The molecule has 0 bridgehead atoms. The van der Waals surface area contributed by atoms with Crippen LogP contribution in [-0.2, 0) is 4.74 Å². The highest BCUT2D eigenvalue weighted by Crippen LogP contribution is 2.20. The van der Waals surface area contributed by atoms with Gasteiger partial charge in [0.1, 0.15) is 5.60 Å². The van der Waals surface area contributed by atoms with E-state index in [0.717, 1.165) is 0 Å². The molecule has 1 aliphatic heterocycles. The minimum absolute atomic E-state index is 0.125. The fourth-order valence-corrected chi connectivity index (χ4v) is 2.64. The maximum absolute atomic E-state index is 12.5. The Morgan fingerprint density at radius 3 is 2.32 bits per heavy atom. The third-order valence-electron chi connectivity index (χ3n) is 3.44. The lowest BCUT2D eigenvalue weighted by molar-refractivity contribution is -0.00504. The molecule has 0 spiro atoms. The molecule has 8 nitrogen and oxygen atoms in total. The molecule has 1 fully saturated rings. The SMILES string of the molecule is CC1CN(C(=O)OC(C)(C)C)CC(C)N1C(=O)c1c[nH]nn1. The third-order valence-corrected chi connectivity index (χ3v) is 3.44. The average Bonchev–Trinajstić information content (AvgIpc) is 2.89. The Kier molecular flexibility index (Phi) is 4.39. The van der Waals surface area contributed by atoms with E-state index in [0.29, 0.717) is 13.1 Å². The number of hydrogen-bond donors (Lipinski definition) is 1. The van der Waals surface area contributed by atoms with Gasteiger partial charge in [0.25, 0.3) is 5.91 Å². The molecule has 1 aromatic rings. The predicted molar refractivity (Wildman–Crippen MR) is 79.3 cm³/mol. The largest absolute Gasteiger partial charge is 0.444 e. The van der Waals surface area contributed by atoms with Crippen LogP contribution in [0.25, 0.3) is 0 Å². The Morgan fingerprint density at radius 2 is 1.86 bits per heavy atom. The number of ether oxygens (including phenoxy) is 1. The summed E-state index contributed by atoms with van der Waals surface area (Å²) in [6.45, 7) is 10.2. The molecular weight excluding hydrogens is 286 g/mol. The summed E-state index contributed by atoms with van der Waals surface area (Å²) in [7, 11) is 0. The fraction of sp³-hybridized carbons (Fsp3) is 0.714. The van der Waals surface area contributed by atoms with Crippen LogP contribution in [0.3, 0.4) is 0 Å². The zero-order valence-electron chi connectivity index (χ0n) is 13.7. The van der Waals surface area contributed by atoms with E-state index in [1.807, 2.05) is 34.6 Å². The summed E-state index contributed by atoms with van der Waals surface area (Å²) in [4.78, 5) is 28.0. The number of nitrogens with one attached hydrogen (secondary N) is 1. The summed E-state index contributed by atoms with van der Waals surface area (Å²) in [5, 5.41) is 9.86. The average molecular weight is 309 g/mol. The Labute approximate surface area is 129 Å². The number of nitrogens with zero attached hydrogens (tertiary/aromatic N) is 4. The van der Waals surface area contributed by atoms with Crippen LogP contribution in [0.1, 0.15) is 45.1 Å². The normalized spacial score (nSPS) is 22.6. The number of piperazine rings is 1. The van der Waals surface area contributed by atoms with Crippen molar-refractivity contribution in [1.82, 2.24) is 25.2 Å².